The van der Waals surface area contributed by atoms with Crippen molar-refractivity contribution in [2.75, 3.05) is 159 Å². The molecule has 7 aliphatic rings. The van der Waals surface area contributed by atoms with E-state index in [-0.39, 0.29) is 83.7 Å². The van der Waals surface area contributed by atoms with Gasteiger partial charge in [0.2, 0.25) is 31.9 Å². The first-order valence-corrected chi connectivity index (χ1v) is 38.1. The Morgan fingerprint density at radius 1 is 0.556 bits per heavy atom. The monoisotopic (exact) mass is 1470 g/mol. The number of benzene rings is 2. The molecule has 13 rings (SSSR count). The Morgan fingerprint density at radius 2 is 0.980 bits per heavy atom. The molecule has 5 N–H and O–H groups in total. The van der Waals surface area contributed by atoms with Crippen molar-refractivity contribution in [3.8, 4) is 0 Å². The van der Waals surface area contributed by atoms with Crippen molar-refractivity contribution >= 4 is 131 Å². The number of nitrogens with zero attached hydrogens (tertiary/aromatic N) is 14. The average molecular weight is 1470 g/mol. The van der Waals surface area contributed by atoms with Gasteiger partial charge in [0.15, 0.2) is 11.3 Å². The summed E-state index contributed by atoms with van der Waals surface area (Å²) in [6.45, 7) is 16.2. The molecule has 0 aliphatic carbocycles. The van der Waals surface area contributed by atoms with Crippen LogP contribution in [0, 0.1) is 0 Å². The molecule has 5 amide bonds. The van der Waals surface area contributed by atoms with Gasteiger partial charge in [-0.05, 0) is 121 Å². The van der Waals surface area contributed by atoms with Crippen LogP contribution in [0.1, 0.15) is 129 Å². The molecule has 0 radical (unpaired) electrons. The highest BCUT2D eigenvalue weighted by atomic mass is 35.5. The van der Waals surface area contributed by atoms with Crippen LogP contribution < -0.4 is 40.1 Å². The van der Waals surface area contributed by atoms with Crippen LogP contribution in [0.3, 0.4) is 0 Å². The number of sulfonamides is 2. The molecule has 2 atom stereocenters. The number of amides is 5. The first-order chi connectivity index (χ1) is 46.8. The lowest BCUT2D eigenvalue weighted by Gasteiger charge is -2.37. The zero-order chi connectivity index (χ0) is 69.6. The minimum Gasteiger partial charge on any atom is -0.444 e. The highest BCUT2D eigenvalue weighted by Crippen LogP contribution is 2.38. The summed E-state index contributed by atoms with van der Waals surface area (Å²) >= 11 is 12.5. The molecule has 0 unspecified atom stereocenters. The molecule has 2 aromatic carbocycles. The van der Waals surface area contributed by atoms with E-state index in [0.717, 1.165) is 119 Å². The lowest BCUT2D eigenvalue weighted by molar-refractivity contribution is -0.131. The van der Waals surface area contributed by atoms with Crippen molar-refractivity contribution in [2.45, 2.75) is 103 Å². The molecule has 538 valence electrons. The van der Waals surface area contributed by atoms with E-state index in [2.05, 4.69) is 40.4 Å². The number of hydrogen-bond acceptors (Lipinski definition) is 20. The van der Waals surface area contributed by atoms with Gasteiger partial charge < -0.3 is 59.7 Å². The van der Waals surface area contributed by atoms with E-state index >= 15 is 0 Å². The number of hydrogen-bond donors (Lipinski definition) is 4. The van der Waals surface area contributed by atoms with Crippen LogP contribution in [0.2, 0.25) is 10.0 Å². The Bertz CT molecular complexity index is 4140. The molecule has 0 saturated carbocycles. The number of anilines is 6. The van der Waals surface area contributed by atoms with Gasteiger partial charge in [0.25, 0.3) is 11.8 Å². The van der Waals surface area contributed by atoms with Gasteiger partial charge >= 0.3 is 6.09 Å². The highest BCUT2D eigenvalue weighted by Gasteiger charge is 2.37. The van der Waals surface area contributed by atoms with Crippen molar-refractivity contribution in [1.29, 1.82) is 0 Å². The molecule has 11 heterocycles. The Hall–Kier alpha value is -7.68. The third-order valence-corrected chi connectivity index (χ3v) is 19.8. The molecule has 99 heavy (non-hydrogen) atoms. The SMILES string of the molecule is C1CCOC1.CC(C)(C)OC(=O)NCC(=O)N1CCN(c2cc(N3CCC3)nc3cc([C@@H]4CCCCN4C(=O)c4cc(Cl)ccc4NS(C)(=O)=O)nn23)CC1.CS(=O)(=O)Nc1ccc(Cl)cc1C(=O)N1CCCC[C@H]1c1cc2nc(N3CCC3)cc(N3CCN(C(=O)CN)CC3)n2n1.Cl. The number of nitrogens with one attached hydrogen (secondary N) is 3. The summed E-state index contributed by atoms with van der Waals surface area (Å²) in [7, 11) is -7.26. The molecule has 4 aromatic heterocycles. The normalized spacial score (nSPS) is 19.0. The zero-order valence-electron chi connectivity index (χ0n) is 56.5. The Morgan fingerprint density at radius 3 is 1.34 bits per heavy atom. The molecule has 7 fully saturated rings. The van der Waals surface area contributed by atoms with Crippen molar-refractivity contribution < 1.29 is 50.3 Å². The number of fused-ring (bicyclic) bond motifs is 2. The smallest absolute Gasteiger partial charge is 0.408 e. The fourth-order valence-corrected chi connectivity index (χ4v) is 14.4. The number of likely N-dealkylation sites (tertiary alicyclic amines) is 2. The second-order valence-electron chi connectivity index (χ2n) is 26.6. The molecular formula is C65H89Cl3N18O11S2. The third-order valence-electron chi connectivity index (χ3n) is 18.1. The predicted octanol–water partition coefficient (Wildman–Crippen LogP) is 6.66. The minimum atomic E-state index is -3.64. The van der Waals surface area contributed by atoms with Crippen LogP contribution in [0.5, 0.6) is 0 Å². The molecule has 29 nitrogen and oxygen atoms in total. The first kappa shape index (κ1) is 74.0. The van der Waals surface area contributed by atoms with Gasteiger partial charge in [0.1, 0.15) is 35.4 Å². The lowest BCUT2D eigenvalue weighted by Crippen LogP contribution is -2.52. The fraction of sp³-hybridized carbons (Fsp3) is 0.554. The number of rotatable bonds is 15. The van der Waals surface area contributed by atoms with E-state index in [9.17, 15) is 40.8 Å². The summed E-state index contributed by atoms with van der Waals surface area (Å²) in [5.41, 5.74) is 8.40. The van der Waals surface area contributed by atoms with Crippen molar-refractivity contribution in [2.24, 2.45) is 5.73 Å². The Balaban J connectivity index is 0.000000200. The summed E-state index contributed by atoms with van der Waals surface area (Å²) in [6, 6.07) is 16.4. The quantitative estimate of drug-likeness (QED) is 0.0834. The number of ether oxygens (including phenoxy) is 2. The maximum absolute atomic E-state index is 14.1. The predicted molar refractivity (Wildman–Crippen MR) is 383 cm³/mol. The maximum atomic E-state index is 14.1. The molecule has 7 aliphatic heterocycles. The van der Waals surface area contributed by atoms with E-state index in [4.69, 9.17) is 58.6 Å². The van der Waals surface area contributed by atoms with Crippen molar-refractivity contribution in [1.82, 2.24) is 54.1 Å². The maximum Gasteiger partial charge on any atom is 0.408 e. The van der Waals surface area contributed by atoms with E-state index in [0.29, 0.717) is 105 Å². The Labute approximate surface area is 593 Å². The van der Waals surface area contributed by atoms with Gasteiger partial charge in [-0.1, -0.05) is 23.2 Å². The van der Waals surface area contributed by atoms with E-state index in [1.54, 1.807) is 52.5 Å². The van der Waals surface area contributed by atoms with Crippen LogP contribution >= 0.6 is 35.6 Å². The summed E-state index contributed by atoms with van der Waals surface area (Å²) in [4.78, 5) is 91.0. The lowest BCUT2D eigenvalue weighted by atomic mass is 9.98. The summed E-state index contributed by atoms with van der Waals surface area (Å²) in [5, 5.41) is 13.3. The number of nitrogens with two attached hydrogens (primary N) is 1. The topological polar surface area (TPSA) is 320 Å². The van der Waals surface area contributed by atoms with Crippen LogP contribution in [0.15, 0.2) is 60.7 Å². The van der Waals surface area contributed by atoms with Crippen molar-refractivity contribution in [3.63, 3.8) is 0 Å². The van der Waals surface area contributed by atoms with Gasteiger partial charge in [0, 0.05) is 139 Å². The number of alkyl carbamates (subject to hydrolysis) is 1. The number of carbonyl (C=O) groups is 5. The van der Waals surface area contributed by atoms with Crippen LogP contribution in [-0.4, -0.2) is 231 Å². The Kier molecular flexibility index (Phi) is 23.8. The second kappa shape index (κ2) is 31.9. The van der Waals surface area contributed by atoms with E-state index in [1.165, 1.54) is 37.1 Å². The number of carbonyl (C=O) groups excluding carboxylic acids is 5. The molecule has 0 spiro atoms. The molecule has 34 heteroatoms. The van der Waals surface area contributed by atoms with E-state index < -0.39 is 31.7 Å². The number of aromatic nitrogens is 6. The summed E-state index contributed by atoms with van der Waals surface area (Å²) in [5.74, 6) is 2.56. The van der Waals surface area contributed by atoms with Gasteiger partial charge in [0.05, 0.1) is 65.0 Å². The summed E-state index contributed by atoms with van der Waals surface area (Å²) < 4.78 is 67.0. The molecular weight excluding hydrogens is 1380 g/mol. The molecule has 7 saturated heterocycles. The first-order valence-electron chi connectivity index (χ1n) is 33.5. The number of halogens is 3. The minimum absolute atomic E-state index is 0. The zero-order valence-corrected chi connectivity index (χ0v) is 60.5. The fourth-order valence-electron chi connectivity index (χ4n) is 12.9. The number of piperazine rings is 2. The standard InChI is InChI=1S/C33H44ClN9O6S.C28H36ClN9O4S.C4H8O.ClH/c1-33(2,3)49-32(46)35-21-30(44)41-16-14-40(15-17-41)29-20-27(39-11-7-12-39)36-28-19-25(37-43(28)29)26-8-5-6-13-42(26)31(45)23-18-22(34)9-10-24(23)38-50(4,47)48;1-43(41,42)33-21-7-6-19(29)15-20(21)28(40)37-10-3-2-5-23(37)22-16-25-31-24(34-8-4-9-34)17-26(38(25)32-22)35-11-13-36(14-12-35)27(39)18-30;1-2-4-5-3-1;/h9-10,18-20,26,38H,5-8,11-17,21H2,1-4H3,(H,35,46);6-7,15-17,23,33H,2-5,8-14,18,30H2,1H3;1-4H2;1H/t26-;23-;;/m00../s1. The average Bonchev–Trinajstić information content (AvgIpc) is 1.64. The van der Waals surface area contributed by atoms with Gasteiger partial charge in [-0.2, -0.15) is 19.2 Å². The molecule has 0 bridgehead atoms. The highest BCUT2D eigenvalue weighted by molar-refractivity contribution is 7.92. The van der Waals surface area contributed by atoms with Crippen LogP contribution in [0.4, 0.5) is 39.4 Å². The second-order valence-corrected chi connectivity index (χ2v) is 30.9. The molecule has 6 aromatic rings. The van der Waals surface area contributed by atoms with Crippen LogP contribution in [-0.2, 0) is 39.1 Å². The van der Waals surface area contributed by atoms with Crippen LogP contribution in [0.25, 0.3) is 11.3 Å². The van der Waals surface area contributed by atoms with Gasteiger partial charge in [-0.3, -0.25) is 28.6 Å². The van der Waals surface area contributed by atoms with Crippen molar-refractivity contribution in [3.05, 3.63) is 93.2 Å². The van der Waals surface area contributed by atoms with Gasteiger partial charge in [-0.25, -0.2) is 31.6 Å². The van der Waals surface area contributed by atoms with Gasteiger partial charge in [-0.15, -0.1) is 12.4 Å². The van der Waals surface area contributed by atoms with E-state index in [1.807, 2.05) is 27.2 Å². The summed E-state index contributed by atoms with van der Waals surface area (Å²) in [6.07, 6.45) is 11.0. The largest absolute Gasteiger partial charge is 0.444 e. The number of piperidine rings is 2. The third kappa shape index (κ3) is 18.5.